The summed E-state index contributed by atoms with van der Waals surface area (Å²) in [7, 11) is -3.49. The van der Waals surface area contributed by atoms with Crippen LogP contribution in [0.1, 0.15) is 6.92 Å². The molecule has 0 radical (unpaired) electrons. The van der Waals surface area contributed by atoms with Gasteiger partial charge in [-0.05, 0) is 19.1 Å². The molecule has 24 heavy (non-hydrogen) atoms. The van der Waals surface area contributed by atoms with Crippen LogP contribution < -0.4 is 0 Å². The van der Waals surface area contributed by atoms with Crippen LogP contribution in [0.3, 0.4) is 0 Å². The molecule has 3 rings (SSSR count). The Kier molecular flexibility index (Phi) is 5.45. The zero-order valence-corrected chi connectivity index (χ0v) is 14.7. The van der Waals surface area contributed by atoms with Gasteiger partial charge in [0.25, 0.3) is 0 Å². The number of benzene rings is 1. The molecule has 0 unspecified atom stereocenters. The van der Waals surface area contributed by atoms with Crippen molar-refractivity contribution in [3.8, 4) is 0 Å². The molecule has 0 aliphatic carbocycles. The lowest BCUT2D eigenvalue weighted by Gasteiger charge is -2.34. The summed E-state index contributed by atoms with van der Waals surface area (Å²) in [6.45, 7) is 6.72. The number of sulfonamides is 1. The van der Waals surface area contributed by atoms with Crippen LogP contribution in [-0.4, -0.2) is 68.5 Å². The van der Waals surface area contributed by atoms with Gasteiger partial charge < -0.3 is 4.74 Å². The fourth-order valence-corrected chi connectivity index (χ4v) is 4.62. The first-order valence-electron chi connectivity index (χ1n) is 8.26. The highest BCUT2D eigenvalue weighted by Crippen LogP contribution is 2.25. The van der Waals surface area contributed by atoms with E-state index in [4.69, 9.17) is 4.74 Å². The first kappa shape index (κ1) is 17.3. The predicted molar refractivity (Wildman–Crippen MR) is 93.4 cm³/mol. The number of hydrogen-bond donors (Lipinski definition) is 0. The SMILES string of the molecule is CCOCCN1CCN(S(=O)(=O)c2cccc3cnccc23)CC1. The van der Waals surface area contributed by atoms with Crippen molar-refractivity contribution in [1.29, 1.82) is 0 Å². The van der Waals surface area contributed by atoms with E-state index in [1.54, 1.807) is 34.9 Å². The highest BCUT2D eigenvalue weighted by molar-refractivity contribution is 7.89. The van der Waals surface area contributed by atoms with Crippen LogP contribution in [0.2, 0.25) is 0 Å². The lowest BCUT2D eigenvalue weighted by molar-refractivity contribution is 0.0979. The minimum atomic E-state index is -3.49. The molecule has 1 saturated heterocycles. The third-order valence-corrected chi connectivity index (χ3v) is 6.30. The Hall–Kier alpha value is -1.54. The molecule has 0 saturated carbocycles. The van der Waals surface area contributed by atoms with Crippen LogP contribution in [0.15, 0.2) is 41.6 Å². The normalized spacial score (nSPS) is 17.4. The second-order valence-electron chi connectivity index (χ2n) is 5.80. The summed E-state index contributed by atoms with van der Waals surface area (Å²) in [5.74, 6) is 0. The summed E-state index contributed by atoms with van der Waals surface area (Å²) in [6, 6.07) is 7.10. The van der Waals surface area contributed by atoms with Crippen LogP contribution in [-0.2, 0) is 14.8 Å². The third kappa shape index (κ3) is 3.59. The molecule has 0 atom stereocenters. The third-order valence-electron chi connectivity index (χ3n) is 4.35. The maximum atomic E-state index is 13.0. The van der Waals surface area contributed by atoms with Crippen molar-refractivity contribution in [2.45, 2.75) is 11.8 Å². The Morgan fingerprint density at radius 1 is 1.17 bits per heavy atom. The van der Waals surface area contributed by atoms with Crippen molar-refractivity contribution in [2.24, 2.45) is 0 Å². The van der Waals surface area contributed by atoms with E-state index in [1.807, 2.05) is 13.0 Å². The lowest BCUT2D eigenvalue weighted by atomic mass is 10.2. The summed E-state index contributed by atoms with van der Waals surface area (Å²) in [5.41, 5.74) is 0. The number of ether oxygens (including phenoxy) is 1. The minimum absolute atomic E-state index is 0.366. The molecule has 0 bridgehead atoms. The first-order valence-corrected chi connectivity index (χ1v) is 9.70. The van der Waals surface area contributed by atoms with Gasteiger partial charge in [-0.3, -0.25) is 9.88 Å². The molecule has 0 N–H and O–H groups in total. The molecular weight excluding hydrogens is 326 g/mol. The van der Waals surface area contributed by atoms with Gasteiger partial charge in [0.2, 0.25) is 10.0 Å². The number of pyridine rings is 1. The number of rotatable bonds is 6. The van der Waals surface area contributed by atoms with Gasteiger partial charge in [-0.25, -0.2) is 8.42 Å². The highest BCUT2D eigenvalue weighted by Gasteiger charge is 2.29. The fraction of sp³-hybridized carbons (Fsp3) is 0.471. The van der Waals surface area contributed by atoms with Gasteiger partial charge in [-0.15, -0.1) is 0 Å². The van der Waals surface area contributed by atoms with E-state index in [9.17, 15) is 8.42 Å². The standard InChI is InChI=1S/C17H23N3O3S/c1-2-23-13-12-19-8-10-20(11-9-19)24(21,22)17-5-3-4-15-14-18-7-6-16(15)17/h3-7,14H,2,8-13H2,1H3. The summed E-state index contributed by atoms with van der Waals surface area (Å²) in [6.07, 6.45) is 3.33. The molecule has 1 aromatic carbocycles. The molecule has 1 fully saturated rings. The number of hydrogen-bond acceptors (Lipinski definition) is 5. The van der Waals surface area contributed by atoms with Gasteiger partial charge in [0.05, 0.1) is 11.5 Å². The molecule has 1 aromatic heterocycles. The molecule has 6 nitrogen and oxygen atoms in total. The number of aromatic nitrogens is 1. The molecule has 7 heteroatoms. The van der Waals surface area contributed by atoms with Gasteiger partial charge in [0.1, 0.15) is 0 Å². The maximum absolute atomic E-state index is 13.0. The lowest BCUT2D eigenvalue weighted by Crippen LogP contribution is -2.49. The van der Waals surface area contributed by atoms with Gasteiger partial charge in [-0.2, -0.15) is 4.31 Å². The van der Waals surface area contributed by atoms with Gasteiger partial charge in [0, 0.05) is 62.5 Å². The van der Waals surface area contributed by atoms with Crippen molar-refractivity contribution in [1.82, 2.24) is 14.2 Å². The van der Waals surface area contributed by atoms with Crippen LogP contribution in [0.5, 0.6) is 0 Å². The minimum Gasteiger partial charge on any atom is -0.380 e. The van der Waals surface area contributed by atoms with E-state index in [2.05, 4.69) is 9.88 Å². The number of nitrogens with zero attached hydrogens (tertiary/aromatic N) is 3. The summed E-state index contributed by atoms with van der Waals surface area (Å²) >= 11 is 0. The molecule has 1 aliphatic rings. The Morgan fingerprint density at radius 2 is 1.96 bits per heavy atom. The molecular formula is C17H23N3O3S. The topological polar surface area (TPSA) is 62.7 Å². The Bertz CT molecular complexity index is 781. The second kappa shape index (κ2) is 7.57. The van der Waals surface area contributed by atoms with Crippen molar-refractivity contribution < 1.29 is 13.2 Å². The van der Waals surface area contributed by atoms with E-state index in [0.29, 0.717) is 31.2 Å². The van der Waals surface area contributed by atoms with Gasteiger partial charge >= 0.3 is 0 Å². The molecule has 2 aromatic rings. The monoisotopic (exact) mass is 349 g/mol. The average Bonchev–Trinajstić information content (AvgIpc) is 2.62. The zero-order chi connectivity index (χ0) is 17.0. The Labute approximate surface area is 143 Å². The van der Waals surface area contributed by atoms with Crippen LogP contribution in [0.25, 0.3) is 10.8 Å². The van der Waals surface area contributed by atoms with Crippen molar-refractivity contribution in [3.63, 3.8) is 0 Å². The molecule has 0 amide bonds. The quantitative estimate of drug-likeness (QED) is 0.741. The van der Waals surface area contributed by atoms with E-state index in [-0.39, 0.29) is 0 Å². The molecule has 0 spiro atoms. The van der Waals surface area contributed by atoms with E-state index >= 15 is 0 Å². The van der Waals surface area contributed by atoms with Crippen molar-refractivity contribution in [3.05, 3.63) is 36.7 Å². The molecule has 1 aliphatic heterocycles. The van der Waals surface area contributed by atoms with E-state index < -0.39 is 10.0 Å². The predicted octanol–water partition coefficient (Wildman–Crippen LogP) is 1.58. The number of piperazine rings is 1. The van der Waals surface area contributed by atoms with Gasteiger partial charge in [0.15, 0.2) is 0 Å². The fourth-order valence-electron chi connectivity index (χ4n) is 2.99. The summed E-state index contributed by atoms with van der Waals surface area (Å²) in [4.78, 5) is 6.68. The van der Waals surface area contributed by atoms with Gasteiger partial charge in [-0.1, -0.05) is 12.1 Å². The smallest absolute Gasteiger partial charge is 0.243 e. The summed E-state index contributed by atoms with van der Waals surface area (Å²) < 4.78 is 33.0. The van der Waals surface area contributed by atoms with Crippen molar-refractivity contribution >= 4 is 20.8 Å². The summed E-state index contributed by atoms with van der Waals surface area (Å²) in [5, 5.41) is 1.57. The van der Waals surface area contributed by atoms with Crippen LogP contribution in [0, 0.1) is 0 Å². The maximum Gasteiger partial charge on any atom is 0.243 e. The first-order chi connectivity index (χ1) is 11.6. The number of fused-ring (bicyclic) bond motifs is 1. The molecule has 2 heterocycles. The van der Waals surface area contributed by atoms with E-state index in [1.165, 1.54) is 0 Å². The Balaban J connectivity index is 1.75. The van der Waals surface area contributed by atoms with E-state index in [0.717, 1.165) is 30.4 Å². The Morgan fingerprint density at radius 3 is 2.71 bits per heavy atom. The van der Waals surface area contributed by atoms with Crippen molar-refractivity contribution in [2.75, 3.05) is 45.9 Å². The average molecular weight is 349 g/mol. The largest absolute Gasteiger partial charge is 0.380 e. The van der Waals surface area contributed by atoms with Crippen LogP contribution in [0.4, 0.5) is 0 Å². The second-order valence-corrected chi connectivity index (χ2v) is 7.70. The highest BCUT2D eigenvalue weighted by atomic mass is 32.2. The zero-order valence-electron chi connectivity index (χ0n) is 13.9. The molecule has 130 valence electrons. The van der Waals surface area contributed by atoms with Crippen LogP contribution >= 0.6 is 0 Å².